The molecule has 0 radical (unpaired) electrons. The van der Waals surface area contributed by atoms with Crippen LogP contribution >= 0.6 is 0 Å². The molecule has 0 aliphatic heterocycles. The van der Waals surface area contributed by atoms with E-state index in [0.717, 1.165) is 32.7 Å². The van der Waals surface area contributed by atoms with Gasteiger partial charge >= 0.3 is 0 Å². The largest absolute Gasteiger partial charge is 0.0623 e. The molecule has 0 fully saturated rings. The fraction of sp³-hybridized carbons (Fsp3) is 0. The third-order valence-electron chi connectivity index (χ3n) is 8.07. The molecule has 8 rings (SSSR count). The maximum atomic E-state index is 8.36. The van der Waals surface area contributed by atoms with E-state index in [0.29, 0.717) is 0 Å². The van der Waals surface area contributed by atoms with Crippen molar-refractivity contribution in [2.24, 2.45) is 0 Å². The third-order valence-corrected chi connectivity index (χ3v) is 8.07. The lowest BCUT2D eigenvalue weighted by Crippen LogP contribution is -1.92. The Kier molecular flexibility index (Phi) is 4.57. The first-order valence-corrected chi connectivity index (χ1v) is 13.6. The Bertz CT molecular complexity index is 2310. The molecule has 0 saturated carbocycles. The predicted octanol–water partition coefficient (Wildman–Crippen LogP) is 11.3. The van der Waals surface area contributed by atoms with Gasteiger partial charge in [0.25, 0.3) is 0 Å². The Morgan fingerprint density at radius 2 is 0.850 bits per heavy atom. The molecular weight excluding hydrogens is 480 g/mol. The molecule has 40 heavy (non-hydrogen) atoms. The molecule has 0 nitrogen and oxygen atoms in total. The molecular formula is C40H26. The second-order valence-corrected chi connectivity index (χ2v) is 10.3. The van der Waals surface area contributed by atoms with Crippen LogP contribution in [-0.2, 0) is 0 Å². The van der Waals surface area contributed by atoms with Gasteiger partial charge < -0.3 is 0 Å². The first kappa shape index (κ1) is 19.8. The zero-order chi connectivity index (χ0) is 29.1. The van der Waals surface area contributed by atoms with Crippen molar-refractivity contribution in [3.05, 3.63) is 158 Å². The summed E-state index contributed by atoms with van der Waals surface area (Å²) in [7, 11) is 0. The average Bonchev–Trinajstić information content (AvgIpc) is 3.05. The lowest BCUT2D eigenvalue weighted by Gasteiger charge is -2.19. The molecule has 0 heterocycles. The first-order valence-electron chi connectivity index (χ1n) is 15.1. The van der Waals surface area contributed by atoms with Gasteiger partial charge in [-0.1, -0.05) is 152 Å². The number of fused-ring (bicyclic) bond motifs is 4. The standard InChI is InChI=1S/C40H26/c1-2-13-28(14-3-1)39-35-16-6-8-18-37(35)40(38-19-9-7-17-36(38)39)34-23-11-21-32-31(20-10-22-33(32)34)30-25-24-27-12-4-5-15-29(27)26-30/h1-26H/i1D,2D,3D. The minimum atomic E-state index is -0.0491. The molecule has 0 spiro atoms. The summed E-state index contributed by atoms with van der Waals surface area (Å²) in [6, 6.07) is 48.8. The Labute approximate surface area is 238 Å². The topological polar surface area (TPSA) is 0 Å². The van der Waals surface area contributed by atoms with Crippen LogP contribution in [0.5, 0.6) is 0 Å². The van der Waals surface area contributed by atoms with Crippen LogP contribution < -0.4 is 0 Å². The minimum absolute atomic E-state index is 0.0491. The van der Waals surface area contributed by atoms with Gasteiger partial charge in [-0.05, 0) is 82.5 Å². The maximum Gasteiger partial charge on any atom is 0.0623 e. The van der Waals surface area contributed by atoms with E-state index in [9.17, 15) is 0 Å². The quantitative estimate of drug-likeness (QED) is 0.208. The van der Waals surface area contributed by atoms with E-state index in [1.165, 1.54) is 43.8 Å². The average molecular weight is 510 g/mol. The second kappa shape index (κ2) is 9.22. The van der Waals surface area contributed by atoms with Crippen LogP contribution in [0, 0.1) is 0 Å². The van der Waals surface area contributed by atoms with Crippen molar-refractivity contribution in [3.63, 3.8) is 0 Å². The molecule has 8 aromatic carbocycles. The van der Waals surface area contributed by atoms with Crippen LogP contribution in [0.4, 0.5) is 0 Å². The summed E-state index contributed by atoms with van der Waals surface area (Å²) in [6.07, 6.45) is 0. The SMILES string of the molecule is [2H]c1cc(-c2c3ccccc3c(-c3cccc4c(-c5ccc6ccccc6c5)cccc34)c3ccccc23)cc([2H])c1[2H]. The summed E-state index contributed by atoms with van der Waals surface area (Å²) in [6.45, 7) is 0. The van der Waals surface area contributed by atoms with Crippen molar-refractivity contribution < 1.29 is 4.11 Å². The van der Waals surface area contributed by atoms with Gasteiger partial charge in [0.15, 0.2) is 0 Å². The van der Waals surface area contributed by atoms with Crippen LogP contribution in [0.15, 0.2) is 158 Å². The van der Waals surface area contributed by atoms with Crippen molar-refractivity contribution in [2.75, 3.05) is 0 Å². The van der Waals surface area contributed by atoms with E-state index in [-0.39, 0.29) is 18.1 Å². The van der Waals surface area contributed by atoms with E-state index < -0.39 is 0 Å². The van der Waals surface area contributed by atoms with Crippen LogP contribution in [0.3, 0.4) is 0 Å². The van der Waals surface area contributed by atoms with Crippen LogP contribution in [0.1, 0.15) is 4.11 Å². The van der Waals surface area contributed by atoms with E-state index in [2.05, 4.69) is 115 Å². The van der Waals surface area contributed by atoms with Crippen molar-refractivity contribution in [1.29, 1.82) is 0 Å². The highest BCUT2D eigenvalue weighted by Crippen LogP contribution is 2.46. The summed E-state index contributed by atoms with van der Waals surface area (Å²) < 4.78 is 24.8. The lowest BCUT2D eigenvalue weighted by atomic mass is 9.84. The predicted molar refractivity (Wildman–Crippen MR) is 173 cm³/mol. The molecule has 0 aliphatic rings. The monoisotopic (exact) mass is 509 g/mol. The molecule has 0 aliphatic carbocycles. The Hall–Kier alpha value is -5.20. The van der Waals surface area contributed by atoms with Gasteiger partial charge in [-0.2, -0.15) is 0 Å². The Morgan fingerprint density at radius 3 is 1.52 bits per heavy atom. The van der Waals surface area contributed by atoms with Crippen molar-refractivity contribution >= 4 is 43.1 Å². The fourth-order valence-corrected chi connectivity index (χ4v) is 6.32. The molecule has 0 heteroatoms. The van der Waals surface area contributed by atoms with E-state index in [1.807, 2.05) is 12.1 Å². The molecule has 0 aromatic heterocycles. The number of hydrogen-bond acceptors (Lipinski definition) is 0. The maximum absolute atomic E-state index is 8.36. The summed E-state index contributed by atoms with van der Waals surface area (Å²) in [5, 5.41) is 9.22. The number of hydrogen-bond donors (Lipinski definition) is 0. The van der Waals surface area contributed by atoms with Gasteiger partial charge in [-0.25, -0.2) is 0 Å². The zero-order valence-electron chi connectivity index (χ0n) is 24.8. The van der Waals surface area contributed by atoms with Crippen molar-refractivity contribution in [1.82, 2.24) is 0 Å². The Morgan fingerprint density at radius 1 is 0.325 bits per heavy atom. The van der Waals surface area contributed by atoms with E-state index >= 15 is 0 Å². The van der Waals surface area contributed by atoms with Gasteiger partial charge in [0, 0.05) is 0 Å². The van der Waals surface area contributed by atoms with Gasteiger partial charge in [0.1, 0.15) is 0 Å². The normalized spacial score (nSPS) is 12.6. The van der Waals surface area contributed by atoms with Crippen LogP contribution in [0.2, 0.25) is 0 Å². The smallest absolute Gasteiger partial charge is 0.0622 e. The second-order valence-electron chi connectivity index (χ2n) is 10.3. The molecule has 0 saturated heterocycles. The molecule has 0 N–H and O–H groups in total. The number of benzene rings is 8. The zero-order valence-corrected chi connectivity index (χ0v) is 21.8. The number of rotatable bonds is 3. The summed E-state index contributed by atoms with van der Waals surface area (Å²) >= 11 is 0. The highest BCUT2D eigenvalue weighted by Gasteiger charge is 2.18. The summed E-state index contributed by atoms with van der Waals surface area (Å²) in [4.78, 5) is 0. The molecule has 8 aromatic rings. The van der Waals surface area contributed by atoms with E-state index in [4.69, 9.17) is 4.11 Å². The van der Waals surface area contributed by atoms with Gasteiger partial charge in [-0.3, -0.25) is 0 Å². The van der Waals surface area contributed by atoms with Crippen LogP contribution in [-0.4, -0.2) is 0 Å². The van der Waals surface area contributed by atoms with Crippen LogP contribution in [0.25, 0.3) is 76.5 Å². The third kappa shape index (κ3) is 3.54. The Balaban J connectivity index is 1.45. The van der Waals surface area contributed by atoms with E-state index in [1.54, 1.807) is 12.1 Å². The van der Waals surface area contributed by atoms with Gasteiger partial charge in [-0.15, -0.1) is 0 Å². The molecule has 0 atom stereocenters. The molecule has 186 valence electrons. The summed E-state index contributed by atoms with van der Waals surface area (Å²) in [5.41, 5.74) is 6.53. The summed E-state index contributed by atoms with van der Waals surface area (Å²) in [5.74, 6) is 0. The van der Waals surface area contributed by atoms with Gasteiger partial charge in [0.05, 0.1) is 4.11 Å². The molecule has 0 bridgehead atoms. The highest BCUT2D eigenvalue weighted by molar-refractivity contribution is 6.24. The highest BCUT2D eigenvalue weighted by atomic mass is 14.2. The first-order chi connectivity index (χ1) is 21.1. The van der Waals surface area contributed by atoms with Crippen molar-refractivity contribution in [3.8, 4) is 33.4 Å². The fourth-order valence-electron chi connectivity index (χ4n) is 6.32. The van der Waals surface area contributed by atoms with Gasteiger partial charge in [0.2, 0.25) is 0 Å². The lowest BCUT2D eigenvalue weighted by molar-refractivity contribution is 1.65. The molecule has 0 amide bonds. The van der Waals surface area contributed by atoms with Crippen molar-refractivity contribution in [2.45, 2.75) is 0 Å². The molecule has 0 unspecified atom stereocenters. The minimum Gasteiger partial charge on any atom is -0.0622 e.